The van der Waals surface area contributed by atoms with Crippen LogP contribution in [0.1, 0.15) is 11.1 Å². The first-order valence-electron chi connectivity index (χ1n) is 7.87. The van der Waals surface area contributed by atoms with Crippen molar-refractivity contribution in [3.05, 3.63) is 59.7 Å². The fourth-order valence-corrected chi connectivity index (χ4v) is 3.54. The van der Waals surface area contributed by atoms with Gasteiger partial charge in [-0.05, 0) is 36.6 Å². The standard InChI is InChI=1S/C19H19NO3S/c1-14-6-2-5-9-17(14)24-13-19(22)23-12-18(21)20-11-10-15-7-3-4-8-16(15)20/h2-9H,10-13H2,1H3. The van der Waals surface area contributed by atoms with E-state index in [-0.39, 0.29) is 24.2 Å². The number of hydrogen-bond acceptors (Lipinski definition) is 4. The molecule has 1 amide bonds. The molecule has 0 bridgehead atoms. The van der Waals surface area contributed by atoms with Crippen LogP contribution in [0.3, 0.4) is 0 Å². The Hall–Kier alpha value is -2.27. The minimum atomic E-state index is -0.371. The molecule has 1 heterocycles. The average Bonchev–Trinajstić information content (AvgIpc) is 3.03. The lowest BCUT2D eigenvalue weighted by atomic mass is 10.2. The molecule has 1 aliphatic heterocycles. The third-order valence-electron chi connectivity index (χ3n) is 3.98. The van der Waals surface area contributed by atoms with Gasteiger partial charge < -0.3 is 9.64 Å². The van der Waals surface area contributed by atoms with Gasteiger partial charge >= 0.3 is 5.97 Å². The number of esters is 1. The van der Waals surface area contributed by atoms with Crippen LogP contribution in [-0.2, 0) is 20.7 Å². The zero-order valence-corrected chi connectivity index (χ0v) is 14.3. The summed E-state index contributed by atoms with van der Waals surface area (Å²) < 4.78 is 5.14. The number of carbonyl (C=O) groups is 2. The van der Waals surface area contributed by atoms with Crippen LogP contribution >= 0.6 is 11.8 Å². The smallest absolute Gasteiger partial charge is 0.316 e. The maximum absolute atomic E-state index is 12.3. The molecule has 24 heavy (non-hydrogen) atoms. The molecule has 0 radical (unpaired) electrons. The van der Waals surface area contributed by atoms with Crippen molar-refractivity contribution in [1.29, 1.82) is 0 Å². The SMILES string of the molecule is Cc1ccccc1SCC(=O)OCC(=O)N1CCc2ccccc21. The Labute approximate surface area is 145 Å². The van der Waals surface area contributed by atoms with Crippen LogP contribution in [-0.4, -0.2) is 30.8 Å². The van der Waals surface area contributed by atoms with E-state index < -0.39 is 0 Å². The third-order valence-corrected chi connectivity index (χ3v) is 5.13. The van der Waals surface area contributed by atoms with Crippen molar-refractivity contribution in [2.75, 3.05) is 23.8 Å². The molecule has 4 nitrogen and oxygen atoms in total. The lowest BCUT2D eigenvalue weighted by Crippen LogP contribution is -2.33. The summed E-state index contributed by atoms with van der Waals surface area (Å²) in [6.45, 7) is 2.44. The summed E-state index contributed by atoms with van der Waals surface area (Å²) in [6.07, 6.45) is 0.846. The normalized spacial score (nSPS) is 12.8. The van der Waals surface area contributed by atoms with Gasteiger partial charge in [-0.25, -0.2) is 0 Å². The summed E-state index contributed by atoms with van der Waals surface area (Å²) in [5.41, 5.74) is 3.21. The van der Waals surface area contributed by atoms with E-state index in [9.17, 15) is 9.59 Å². The van der Waals surface area contributed by atoms with E-state index in [0.717, 1.165) is 28.1 Å². The molecule has 2 aromatic carbocycles. The average molecular weight is 341 g/mol. The summed E-state index contributed by atoms with van der Waals surface area (Å²) in [5.74, 6) is -0.340. The van der Waals surface area contributed by atoms with Gasteiger partial charge in [-0.2, -0.15) is 0 Å². The number of anilines is 1. The molecule has 2 aromatic rings. The van der Waals surface area contributed by atoms with Crippen molar-refractivity contribution in [2.45, 2.75) is 18.2 Å². The molecular formula is C19H19NO3S. The Morgan fingerprint density at radius 1 is 1.12 bits per heavy atom. The van der Waals surface area contributed by atoms with Crippen LogP contribution in [0.2, 0.25) is 0 Å². The van der Waals surface area contributed by atoms with Crippen molar-refractivity contribution >= 4 is 29.3 Å². The van der Waals surface area contributed by atoms with Gasteiger partial charge in [0.2, 0.25) is 0 Å². The molecule has 0 spiro atoms. The summed E-state index contributed by atoms with van der Waals surface area (Å²) in [5, 5.41) is 0. The summed E-state index contributed by atoms with van der Waals surface area (Å²) in [4.78, 5) is 26.9. The van der Waals surface area contributed by atoms with Crippen LogP contribution in [0.5, 0.6) is 0 Å². The maximum atomic E-state index is 12.3. The Morgan fingerprint density at radius 2 is 1.88 bits per heavy atom. The molecule has 0 saturated heterocycles. The lowest BCUT2D eigenvalue weighted by molar-refractivity contribution is -0.145. The molecule has 0 N–H and O–H groups in total. The molecule has 0 fully saturated rings. The van der Waals surface area contributed by atoms with Crippen molar-refractivity contribution in [3.8, 4) is 0 Å². The Morgan fingerprint density at radius 3 is 2.71 bits per heavy atom. The Balaban J connectivity index is 1.48. The Kier molecular flexibility index (Phi) is 5.20. The minimum absolute atomic E-state index is 0.172. The first kappa shape index (κ1) is 16.6. The fourth-order valence-electron chi connectivity index (χ4n) is 2.71. The second-order valence-corrected chi connectivity index (χ2v) is 6.66. The number of amides is 1. The predicted octanol–water partition coefficient (Wildman–Crippen LogP) is 3.22. The van der Waals surface area contributed by atoms with E-state index in [4.69, 9.17) is 4.74 Å². The number of nitrogens with zero attached hydrogens (tertiary/aromatic N) is 1. The van der Waals surface area contributed by atoms with Crippen molar-refractivity contribution in [1.82, 2.24) is 0 Å². The first-order chi connectivity index (χ1) is 11.6. The van der Waals surface area contributed by atoms with Gasteiger partial charge in [0.1, 0.15) is 0 Å². The summed E-state index contributed by atoms with van der Waals surface area (Å²) in [6, 6.07) is 15.7. The van der Waals surface area contributed by atoms with Crippen LogP contribution in [0, 0.1) is 6.92 Å². The molecule has 0 atom stereocenters. The number of benzene rings is 2. The first-order valence-corrected chi connectivity index (χ1v) is 8.86. The number of hydrogen-bond donors (Lipinski definition) is 0. The maximum Gasteiger partial charge on any atom is 0.316 e. The van der Waals surface area contributed by atoms with E-state index in [2.05, 4.69) is 0 Å². The van der Waals surface area contributed by atoms with Gasteiger partial charge in [0.15, 0.2) is 6.61 Å². The second-order valence-electron chi connectivity index (χ2n) is 5.64. The predicted molar refractivity (Wildman–Crippen MR) is 95.4 cm³/mol. The van der Waals surface area contributed by atoms with Gasteiger partial charge in [-0.15, -0.1) is 11.8 Å². The quantitative estimate of drug-likeness (QED) is 0.619. The minimum Gasteiger partial charge on any atom is -0.455 e. The van der Waals surface area contributed by atoms with Gasteiger partial charge in [-0.1, -0.05) is 36.4 Å². The molecule has 0 aromatic heterocycles. The fraction of sp³-hybridized carbons (Fsp3) is 0.263. The number of para-hydroxylation sites is 1. The summed E-state index contributed by atoms with van der Waals surface area (Å²) in [7, 11) is 0. The highest BCUT2D eigenvalue weighted by molar-refractivity contribution is 8.00. The number of rotatable bonds is 5. The molecule has 0 aliphatic carbocycles. The van der Waals surface area contributed by atoms with Crippen molar-refractivity contribution < 1.29 is 14.3 Å². The van der Waals surface area contributed by atoms with Crippen LogP contribution in [0.4, 0.5) is 5.69 Å². The lowest BCUT2D eigenvalue weighted by Gasteiger charge is -2.17. The molecular weight excluding hydrogens is 322 g/mol. The molecule has 1 aliphatic rings. The Bertz CT molecular complexity index is 760. The number of aryl methyl sites for hydroxylation is 1. The van der Waals surface area contributed by atoms with Crippen LogP contribution < -0.4 is 4.90 Å². The molecule has 124 valence electrons. The number of thioether (sulfide) groups is 1. The topological polar surface area (TPSA) is 46.6 Å². The molecule has 0 unspecified atom stereocenters. The van der Waals surface area contributed by atoms with E-state index >= 15 is 0 Å². The number of fused-ring (bicyclic) bond motifs is 1. The number of carbonyl (C=O) groups excluding carboxylic acids is 2. The largest absolute Gasteiger partial charge is 0.455 e. The highest BCUT2D eigenvalue weighted by Crippen LogP contribution is 2.27. The third kappa shape index (κ3) is 3.79. The summed E-state index contributed by atoms with van der Waals surface area (Å²) >= 11 is 1.43. The van der Waals surface area contributed by atoms with E-state index in [0.29, 0.717) is 6.54 Å². The van der Waals surface area contributed by atoms with Crippen molar-refractivity contribution in [3.63, 3.8) is 0 Å². The molecule has 3 rings (SSSR count). The van der Waals surface area contributed by atoms with E-state index in [1.54, 1.807) is 4.90 Å². The monoisotopic (exact) mass is 341 g/mol. The van der Waals surface area contributed by atoms with Gasteiger partial charge in [0.05, 0.1) is 5.75 Å². The van der Waals surface area contributed by atoms with Gasteiger partial charge in [-0.3, -0.25) is 9.59 Å². The molecule has 0 saturated carbocycles. The van der Waals surface area contributed by atoms with E-state index in [1.807, 2.05) is 55.5 Å². The van der Waals surface area contributed by atoms with Crippen LogP contribution in [0.15, 0.2) is 53.4 Å². The highest BCUT2D eigenvalue weighted by atomic mass is 32.2. The van der Waals surface area contributed by atoms with Crippen LogP contribution in [0.25, 0.3) is 0 Å². The zero-order valence-electron chi connectivity index (χ0n) is 13.5. The van der Waals surface area contributed by atoms with E-state index in [1.165, 1.54) is 11.8 Å². The zero-order chi connectivity index (χ0) is 16.9. The highest BCUT2D eigenvalue weighted by Gasteiger charge is 2.24. The second kappa shape index (κ2) is 7.53. The van der Waals surface area contributed by atoms with Gasteiger partial charge in [0, 0.05) is 17.1 Å². The number of ether oxygens (including phenoxy) is 1. The molecule has 5 heteroatoms. The van der Waals surface area contributed by atoms with Gasteiger partial charge in [0.25, 0.3) is 5.91 Å². The van der Waals surface area contributed by atoms with Crippen molar-refractivity contribution in [2.24, 2.45) is 0 Å².